The third-order valence-corrected chi connectivity index (χ3v) is 3.08. The number of hydrogen-bond acceptors (Lipinski definition) is 2. The molecular formula is C13H13ClFN3O. The van der Waals surface area contributed by atoms with Gasteiger partial charge < -0.3 is 9.88 Å². The lowest BCUT2D eigenvalue weighted by Crippen LogP contribution is -2.28. The average molecular weight is 282 g/mol. The second-order valence-corrected chi connectivity index (χ2v) is 4.61. The molecule has 6 heteroatoms. The lowest BCUT2D eigenvalue weighted by molar-refractivity contribution is -0.129. The zero-order valence-corrected chi connectivity index (χ0v) is 11.1. The fourth-order valence-corrected chi connectivity index (χ4v) is 1.89. The van der Waals surface area contributed by atoms with Gasteiger partial charge in [0.25, 0.3) is 0 Å². The Hall–Kier alpha value is -1.88. The van der Waals surface area contributed by atoms with Crippen LogP contribution < -0.4 is 0 Å². The van der Waals surface area contributed by atoms with Gasteiger partial charge in [-0.25, -0.2) is 9.37 Å². The summed E-state index contributed by atoms with van der Waals surface area (Å²) in [4.78, 5) is 20.5. The van der Waals surface area contributed by atoms with E-state index in [1.54, 1.807) is 24.3 Å². The molecule has 0 bridgehead atoms. The maximum atomic E-state index is 12.9. The highest BCUT2D eigenvalue weighted by Gasteiger charge is 2.13. The van der Waals surface area contributed by atoms with Crippen molar-refractivity contribution < 1.29 is 9.18 Å². The number of aromatic amines is 1. The normalized spacial score (nSPS) is 10.5. The molecule has 100 valence electrons. The smallest absolute Gasteiger partial charge is 0.227 e. The van der Waals surface area contributed by atoms with Gasteiger partial charge in [0.15, 0.2) is 0 Å². The zero-order valence-electron chi connectivity index (χ0n) is 10.4. The summed E-state index contributed by atoms with van der Waals surface area (Å²) < 4.78 is 12.9. The van der Waals surface area contributed by atoms with Crippen LogP contribution in [0.3, 0.4) is 0 Å². The number of hydrogen-bond donors (Lipinski definition) is 1. The summed E-state index contributed by atoms with van der Waals surface area (Å²) in [5.74, 6) is 0.191. The van der Waals surface area contributed by atoms with Crippen LogP contribution in [0, 0.1) is 5.82 Å². The largest absolute Gasteiger partial charge is 0.347 e. The zero-order chi connectivity index (χ0) is 13.8. The summed E-state index contributed by atoms with van der Waals surface area (Å²) in [6.45, 7) is 0.393. The first-order valence-electron chi connectivity index (χ1n) is 5.72. The minimum atomic E-state index is -0.412. The maximum absolute atomic E-state index is 12.9. The van der Waals surface area contributed by atoms with Crippen LogP contribution in [0.1, 0.15) is 11.4 Å². The van der Waals surface area contributed by atoms with E-state index in [1.165, 1.54) is 18.2 Å². The number of aromatic nitrogens is 2. The SMILES string of the molecule is CN(Cc1ncc[nH]1)C(=O)Cc1ccc(F)cc1Cl. The van der Waals surface area contributed by atoms with E-state index in [9.17, 15) is 9.18 Å². The van der Waals surface area contributed by atoms with Gasteiger partial charge in [-0.05, 0) is 17.7 Å². The van der Waals surface area contributed by atoms with Crippen LogP contribution in [-0.2, 0) is 17.8 Å². The van der Waals surface area contributed by atoms with Gasteiger partial charge in [-0.2, -0.15) is 0 Å². The molecule has 1 aromatic heterocycles. The van der Waals surface area contributed by atoms with Crippen molar-refractivity contribution in [1.82, 2.24) is 14.9 Å². The molecular weight excluding hydrogens is 269 g/mol. The number of carbonyl (C=O) groups excluding carboxylic acids is 1. The van der Waals surface area contributed by atoms with Crippen molar-refractivity contribution >= 4 is 17.5 Å². The second-order valence-electron chi connectivity index (χ2n) is 4.20. The lowest BCUT2D eigenvalue weighted by atomic mass is 10.1. The molecule has 1 heterocycles. The summed E-state index contributed by atoms with van der Waals surface area (Å²) in [6, 6.07) is 4.02. The maximum Gasteiger partial charge on any atom is 0.227 e. The summed E-state index contributed by atoms with van der Waals surface area (Å²) in [7, 11) is 1.68. The number of H-pyrrole nitrogens is 1. The first kappa shape index (κ1) is 13.5. The van der Waals surface area contributed by atoms with E-state index in [-0.39, 0.29) is 17.4 Å². The van der Waals surface area contributed by atoms with Crippen molar-refractivity contribution in [3.05, 3.63) is 52.8 Å². The number of carbonyl (C=O) groups is 1. The van der Waals surface area contributed by atoms with E-state index in [4.69, 9.17) is 11.6 Å². The van der Waals surface area contributed by atoms with E-state index >= 15 is 0 Å². The molecule has 4 nitrogen and oxygen atoms in total. The van der Waals surface area contributed by atoms with E-state index in [0.29, 0.717) is 17.9 Å². The monoisotopic (exact) mass is 281 g/mol. The predicted molar refractivity (Wildman–Crippen MR) is 70.2 cm³/mol. The van der Waals surface area contributed by atoms with E-state index < -0.39 is 5.82 Å². The Morgan fingerprint density at radius 3 is 2.95 bits per heavy atom. The van der Waals surface area contributed by atoms with Crippen LogP contribution in [0.2, 0.25) is 5.02 Å². The fraction of sp³-hybridized carbons (Fsp3) is 0.231. The highest BCUT2D eigenvalue weighted by atomic mass is 35.5. The molecule has 0 saturated carbocycles. The molecule has 0 atom stereocenters. The molecule has 19 heavy (non-hydrogen) atoms. The van der Waals surface area contributed by atoms with Gasteiger partial charge in [-0.1, -0.05) is 17.7 Å². The van der Waals surface area contributed by atoms with Crippen LogP contribution in [0.5, 0.6) is 0 Å². The van der Waals surface area contributed by atoms with E-state index in [0.717, 1.165) is 0 Å². The van der Waals surface area contributed by atoms with E-state index in [2.05, 4.69) is 9.97 Å². The summed E-state index contributed by atoms with van der Waals surface area (Å²) in [6.07, 6.45) is 3.46. The third-order valence-electron chi connectivity index (χ3n) is 2.72. The van der Waals surface area contributed by atoms with Crippen molar-refractivity contribution in [3.8, 4) is 0 Å². The van der Waals surface area contributed by atoms with Gasteiger partial charge in [0.05, 0.1) is 13.0 Å². The molecule has 2 aromatic rings. The predicted octanol–water partition coefficient (Wildman–Crippen LogP) is 2.40. The number of rotatable bonds is 4. The van der Waals surface area contributed by atoms with Crippen LogP contribution in [0.4, 0.5) is 4.39 Å². The Morgan fingerprint density at radius 2 is 2.32 bits per heavy atom. The highest BCUT2D eigenvalue weighted by Crippen LogP contribution is 2.18. The van der Waals surface area contributed by atoms with E-state index in [1.807, 2.05) is 0 Å². The number of amides is 1. The van der Waals surface area contributed by atoms with Gasteiger partial charge >= 0.3 is 0 Å². The molecule has 0 aliphatic rings. The minimum absolute atomic E-state index is 0.107. The molecule has 0 saturated heterocycles. The van der Waals surface area contributed by atoms with Crippen molar-refractivity contribution in [3.63, 3.8) is 0 Å². The molecule has 1 amide bonds. The fourth-order valence-electron chi connectivity index (χ4n) is 1.66. The quantitative estimate of drug-likeness (QED) is 0.935. The highest BCUT2D eigenvalue weighted by molar-refractivity contribution is 6.31. The number of benzene rings is 1. The Morgan fingerprint density at radius 1 is 1.53 bits per heavy atom. The molecule has 0 spiro atoms. The van der Waals surface area contributed by atoms with Crippen molar-refractivity contribution in [2.24, 2.45) is 0 Å². The lowest BCUT2D eigenvalue weighted by Gasteiger charge is -2.16. The van der Waals surface area contributed by atoms with Gasteiger partial charge in [-0.15, -0.1) is 0 Å². The number of nitrogens with zero attached hydrogens (tertiary/aromatic N) is 2. The number of halogens is 2. The Labute approximate surface area is 115 Å². The number of likely N-dealkylation sites (N-methyl/N-ethyl adjacent to an activating group) is 1. The Balaban J connectivity index is 2.00. The minimum Gasteiger partial charge on any atom is -0.347 e. The topological polar surface area (TPSA) is 49.0 Å². The number of imidazole rings is 1. The second kappa shape index (κ2) is 5.84. The molecule has 1 aromatic carbocycles. The summed E-state index contributed by atoms with van der Waals surface area (Å²) >= 11 is 5.89. The molecule has 0 aliphatic heterocycles. The van der Waals surface area contributed by atoms with Crippen molar-refractivity contribution in [2.75, 3.05) is 7.05 Å². The summed E-state index contributed by atoms with van der Waals surface area (Å²) in [5, 5.41) is 0.264. The Kier molecular flexibility index (Phi) is 4.16. The first-order valence-corrected chi connectivity index (χ1v) is 6.10. The molecule has 0 radical (unpaired) electrons. The van der Waals surface area contributed by atoms with Crippen molar-refractivity contribution in [1.29, 1.82) is 0 Å². The van der Waals surface area contributed by atoms with Crippen molar-refractivity contribution in [2.45, 2.75) is 13.0 Å². The van der Waals surface area contributed by atoms with Gasteiger partial charge in [0.2, 0.25) is 5.91 Å². The van der Waals surface area contributed by atoms with Gasteiger partial charge in [-0.3, -0.25) is 4.79 Å². The molecule has 1 N–H and O–H groups in total. The molecule has 2 rings (SSSR count). The van der Waals surface area contributed by atoms with Crippen LogP contribution >= 0.6 is 11.6 Å². The first-order chi connectivity index (χ1) is 9.06. The van der Waals surface area contributed by atoms with Gasteiger partial charge in [0.1, 0.15) is 11.6 Å². The summed E-state index contributed by atoms with van der Waals surface area (Å²) in [5.41, 5.74) is 0.611. The average Bonchev–Trinajstić information content (AvgIpc) is 2.85. The van der Waals surface area contributed by atoms with Crippen LogP contribution in [0.15, 0.2) is 30.6 Å². The Bertz CT molecular complexity index is 571. The molecule has 0 unspecified atom stereocenters. The van der Waals surface area contributed by atoms with Crippen LogP contribution in [0.25, 0.3) is 0 Å². The molecule has 0 fully saturated rings. The van der Waals surface area contributed by atoms with Gasteiger partial charge in [0, 0.05) is 24.5 Å². The number of nitrogens with one attached hydrogen (secondary N) is 1. The van der Waals surface area contributed by atoms with Crippen LogP contribution in [-0.4, -0.2) is 27.8 Å². The third kappa shape index (κ3) is 3.54. The molecule has 0 aliphatic carbocycles. The standard InChI is InChI=1S/C13H13ClFN3O/c1-18(8-12-16-4-5-17-12)13(19)6-9-2-3-10(15)7-11(9)14/h2-5,7H,6,8H2,1H3,(H,16,17).